The van der Waals surface area contributed by atoms with Crippen molar-refractivity contribution >= 4 is 17.5 Å². The number of nitrogens with zero attached hydrogens (tertiary/aromatic N) is 4. The number of anilines is 2. The molecule has 1 amide bonds. The van der Waals surface area contributed by atoms with Crippen LogP contribution in [0.25, 0.3) is 0 Å². The maximum Gasteiger partial charge on any atom is 0.408 e. The molecule has 8 nitrogen and oxygen atoms in total. The average Bonchev–Trinajstić information content (AvgIpc) is 3.18. The lowest BCUT2D eigenvalue weighted by molar-refractivity contribution is 0.0468. The van der Waals surface area contributed by atoms with Crippen LogP contribution in [0.15, 0.2) is 158 Å². The summed E-state index contributed by atoms with van der Waals surface area (Å²) < 4.78 is 5.40. The van der Waals surface area contributed by atoms with Crippen molar-refractivity contribution in [2.45, 2.75) is 91.3 Å². The predicted octanol–water partition coefficient (Wildman–Crippen LogP) is 10.5. The number of nitrogens with two attached hydrogens (primary N) is 1. The van der Waals surface area contributed by atoms with Crippen molar-refractivity contribution < 1.29 is 9.53 Å². The maximum absolute atomic E-state index is 12.3. The second-order valence-electron chi connectivity index (χ2n) is 16.4. The molecule has 0 aliphatic carbocycles. The molecule has 8 heteroatoms. The van der Waals surface area contributed by atoms with Gasteiger partial charge in [0.15, 0.2) is 0 Å². The number of amides is 1. The summed E-state index contributed by atoms with van der Waals surface area (Å²) in [5, 5.41) is 2.92. The number of aromatic nitrogens is 2. The molecule has 0 bridgehead atoms. The number of benzene rings is 4. The molecule has 296 valence electrons. The fourth-order valence-electron chi connectivity index (χ4n) is 6.21. The first kappa shape index (κ1) is 42.2. The number of pyridine rings is 2. The molecule has 2 heterocycles. The van der Waals surface area contributed by atoms with E-state index in [9.17, 15) is 4.79 Å². The summed E-state index contributed by atoms with van der Waals surface area (Å²) in [6.07, 6.45) is 3.35. The second-order valence-corrected chi connectivity index (χ2v) is 16.4. The lowest BCUT2D eigenvalue weighted by Gasteiger charge is -2.29. The van der Waals surface area contributed by atoms with E-state index < -0.39 is 22.8 Å². The highest BCUT2D eigenvalue weighted by atomic mass is 16.6. The van der Waals surface area contributed by atoms with Crippen LogP contribution in [0, 0.1) is 0 Å². The highest BCUT2D eigenvalue weighted by Crippen LogP contribution is 2.25. The predicted molar refractivity (Wildman–Crippen MR) is 234 cm³/mol. The van der Waals surface area contributed by atoms with Crippen molar-refractivity contribution in [3.63, 3.8) is 0 Å². The molecule has 0 aliphatic heterocycles. The first-order chi connectivity index (χ1) is 27.1. The van der Waals surface area contributed by atoms with Crippen molar-refractivity contribution in [2.75, 3.05) is 9.80 Å². The summed E-state index contributed by atoms with van der Waals surface area (Å²) in [7, 11) is 0. The summed E-state index contributed by atoms with van der Waals surface area (Å²) >= 11 is 0. The van der Waals surface area contributed by atoms with Gasteiger partial charge in [0.2, 0.25) is 0 Å². The van der Waals surface area contributed by atoms with Crippen LogP contribution in [0.1, 0.15) is 82.1 Å². The monoisotopic (exact) mass is 762 g/mol. The molecule has 0 fully saturated rings. The van der Waals surface area contributed by atoms with E-state index >= 15 is 0 Å². The topological polar surface area (TPSA) is 96.6 Å². The number of hydrogen-bond donors (Lipinski definition) is 2. The summed E-state index contributed by atoms with van der Waals surface area (Å²) in [6, 6.07) is 50.0. The first-order valence-electron chi connectivity index (χ1n) is 19.5. The fraction of sp³-hybridized carbons (Fsp3) is 0.286. The summed E-state index contributed by atoms with van der Waals surface area (Å²) in [4.78, 5) is 26.2. The maximum atomic E-state index is 12.3. The summed E-state index contributed by atoms with van der Waals surface area (Å²) in [5.41, 5.74) is 13.3. The zero-order valence-electron chi connectivity index (χ0n) is 34.5. The van der Waals surface area contributed by atoms with E-state index in [1.54, 1.807) is 0 Å². The zero-order valence-corrected chi connectivity index (χ0v) is 34.5. The standard InChI is InChI=1S/C27H33N3O2.C22H25N3/c1-26(2,3)32-25(31)29-27(4,5)24-17-16-23(18-28-24)30(19-21-12-8-6-9-13-21)20-22-14-10-7-11-15-22;1-22(2,23)21-14-13-20(15-24-21)25(16-18-9-5-3-6-10-18)17-19-11-7-4-8-12-19/h6-18H,19-20H2,1-5H3,(H,29,31);3-15H,16-17,23H2,1-2H3. The number of nitrogens with one attached hydrogen (secondary N) is 1. The third-order valence-electron chi connectivity index (χ3n) is 9.21. The van der Waals surface area contributed by atoms with Crippen LogP contribution in [-0.2, 0) is 42.0 Å². The van der Waals surface area contributed by atoms with Crippen LogP contribution in [-0.4, -0.2) is 21.7 Å². The average molecular weight is 763 g/mol. The number of ether oxygens (including phenoxy) is 1. The lowest BCUT2D eigenvalue weighted by atomic mass is 10.00. The highest BCUT2D eigenvalue weighted by Gasteiger charge is 2.28. The van der Waals surface area contributed by atoms with Gasteiger partial charge in [-0.1, -0.05) is 121 Å². The molecule has 0 radical (unpaired) electrons. The molecule has 0 unspecified atom stereocenters. The van der Waals surface area contributed by atoms with Crippen molar-refractivity contribution in [1.29, 1.82) is 0 Å². The molecule has 6 aromatic rings. The molecule has 0 aliphatic rings. The molecule has 3 N–H and O–H groups in total. The van der Waals surface area contributed by atoms with Crippen molar-refractivity contribution in [2.24, 2.45) is 5.73 Å². The fourth-order valence-corrected chi connectivity index (χ4v) is 6.21. The molecule has 0 spiro atoms. The summed E-state index contributed by atoms with van der Waals surface area (Å²) in [5.74, 6) is 0. The smallest absolute Gasteiger partial charge is 0.408 e. The first-order valence-corrected chi connectivity index (χ1v) is 19.5. The Morgan fingerprint density at radius 1 is 0.526 bits per heavy atom. The van der Waals surface area contributed by atoms with Gasteiger partial charge in [-0.3, -0.25) is 9.97 Å². The number of rotatable bonds is 13. The van der Waals surface area contributed by atoms with Gasteiger partial charge >= 0.3 is 6.09 Å². The van der Waals surface area contributed by atoms with Crippen LogP contribution in [0.3, 0.4) is 0 Å². The third-order valence-corrected chi connectivity index (χ3v) is 9.21. The molecule has 6 rings (SSSR count). The van der Waals surface area contributed by atoms with Crippen LogP contribution in [0.5, 0.6) is 0 Å². The Labute approximate surface area is 339 Å². The van der Waals surface area contributed by atoms with Crippen LogP contribution in [0.4, 0.5) is 16.2 Å². The van der Waals surface area contributed by atoms with Gasteiger partial charge in [-0.15, -0.1) is 0 Å². The molecular weight excluding hydrogens is 705 g/mol. The minimum Gasteiger partial charge on any atom is -0.444 e. The SMILES string of the molecule is CC(C)(C)OC(=O)NC(C)(C)c1ccc(N(Cc2ccccc2)Cc2ccccc2)cn1.CC(C)(N)c1ccc(N(Cc2ccccc2)Cc2ccccc2)cn1. The van der Waals surface area contributed by atoms with E-state index in [0.717, 1.165) is 48.9 Å². The van der Waals surface area contributed by atoms with E-state index in [1.165, 1.54) is 22.3 Å². The number of carbonyl (C=O) groups excluding carboxylic acids is 1. The molecule has 4 aromatic carbocycles. The minimum absolute atomic E-state index is 0.428. The van der Waals surface area contributed by atoms with E-state index in [0.29, 0.717) is 0 Å². The van der Waals surface area contributed by atoms with Crippen molar-refractivity contribution in [3.05, 3.63) is 192 Å². The van der Waals surface area contributed by atoms with Crippen LogP contribution < -0.4 is 20.9 Å². The van der Waals surface area contributed by atoms with Crippen molar-refractivity contribution in [1.82, 2.24) is 15.3 Å². The minimum atomic E-state index is -0.662. The lowest BCUT2D eigenvalue weighted by Crippen LogP contribution is -2.44. The van der Waals surface area contributed by atoms with Crippen molar-refractivity contribution in [3.8, 4) is 0 Å². The Balaban J connectivity index is 0.000000224. The Hall–Kier alpha value is -5.99. The molecule has 0 saturated carbocycles. The van der Waals surface area contributed by atoms with Gasteiger partial charge in [0.25, 0.3) is 0 Å². The Morgan fingerprint density at radius 2 is 0.860 bits per heavy atom. The van der Waals surface area contributed by atoms with Gasteiger partial charge in [-0.05, 0) is 95.0 Å². The highest BCUT2D eigenvalue weighted by molar-refractivity contribution is 5.69. The Bertz CT molecular complexity index is 2000. The molecular formula is C49H58N6O2. The van der Waals surface area contributed by atoms with Gasteiger partial charge in [0.05, 0.1) is 46.2 Å². The van der Waals surface area contributed by atoms with Gasteiger partial charge in [0.1, 0.15) is 5.60 Å². The Kier molecular flexibility index (Phi) is 14.2. The quantitative estimate of drug-likeness (QED) is 0.121. The second kappa shape index (κ2) is 19.2. The largest absolute Gasteiger partial charge is 0.444 e. The van der Waals surface area contributed by atoms with E-state index in [-0.39, 0.29) is 0 Å². The normalized spacial score (nSPS) is 11.5. The van der Waals surface area contributed by atoms with Gasteiger partial charge in [-0.2, -0.15) is 0 Å². The van der Waals surface area contributed by atoms with Gasteiger partial charge in [-0.25, -0.2) is 4.79 Å². The molecule has 57 heavy (non-hydrogen) atoms. The van der Waals surface area contributed by atoms with Gasteiger partial charge < -0.3 is 25.6 Å². The molecule has 2 aromatic heterocycles. The van der Waals surface area contributed by atoms with Crippen LogP contribution in [0.2, 0.25) is 0 Å². The van der Waals surface area contributed by atoms with E-state index in [2.05, 4.69) is 129 Å². The zero-order chi connectivity index (χ0) is 40.9. The number of carbonyl (C=O) groups is 1. The van der Waals surface area contributed by atoms with E-state index in [1.807, 2.05) is 97.3 Å². The van der Waals surface area contributed by atoms with Crippen LogP contribution >= 0.6 is 0 Å². The number of alkyl carbamates (subject to hydrolysis) is 1. The Morgan fingerprint density at radius 3 is 1.14 bits per heavy atom. The van der Waals surface area contributed by atoms with Gasteiger partial charge in [0, 0.05) is 26.2 Å². The number of hydrogen-bond acceptors (Lipinski definition) is 7. The molecule has 0 atom stereocenters. The summed E-state index contributed by atoms with van der Waals surface area (Å²) in [6.45, 7) is 16.6. The van der Waals surface area contributed by atoms with E-state index in [4.69, 9.17) is 15.5 Å². The molecule has 0 saturated heterocycles. The third kappa shape index (κ3) is 13.6.